The fourth-order valence-corrected chi connectivity index (χ4v) is 3.64. The van der Waals surface area contributed by atoms with Gasteiger partial charge in [0.2, 0.25) is 0 Å². The third-order valence-electron chi connectivity index (χ3n) is 2.81. The molecule has 0 aliphatic carbocycles. The molecule has 14 heavy (non-hydrogen) atoms. The van der Waals surface area contributed by atoms with Gasteiger partial charge >= 0.3 is 0 Å². The van der Waals surface area contributed by atoms with Crippen molar-refractivity contribution in [1.29, 1.82) is 0 Å². The van der Waals surface area contributed by atoms with Crippen molar-refractivity contribution in [2.45, 2.75) is 30.6 Å². The van der Waals surface area contributed by atoms with Crippen molar-refractivity contribution in [3.63, 3.8) is 0 Å². The lowest BCUT2D eigenvalue weighted by Crippen LogP contribution is -2.22. The Hall–Kier alpha value is -0.150. The molecule has 0 saturated carbocycles. The minimum absolute atomic E-state index is 0.288. The zero-order chi connectivity index (χ0) is 10.3. The van der Waals surface area contributed by atoms with Crippen molar-refractivity contribution in [2.75, 3.05) is 11.5 Å². The molecule has 0 unspecified atom stereocenters. The van der Waals surface area contributed by atoms with E-state index in [1.165, 1.54) is 22.6 Å². The second kappa shape index (κ2) is 3.46. The van der Waals surface area contributed by atoms with Crippen molar-refractivity contribution < 1.29 is 0 Å². The van der Waals surface area contributed by atoms with E-state index in [2.05, 4.69) is 41.9 Å². The van der Waals surface area contributed by atoms with Gasteiger partial charge < -0.3 is 5.73 Å². The minimum atomic E-state index is 0.288. The van der Waals surface area contributed by atoms with Crippen molar-refractivity contribution in [3.8, 4) is 0 Å². The van der Waals surface area contributed by atoms with Crippen molar-refractivity contribution in [3.05, 3.63) is 22.2 Å². The van der Waals surface area contributed by atoms with Gasteiger partial charge in [0.1, 0.15) is 0 Å². The number of halogens is 1. The van der Waals surface area contributed by atoms with Crippen LogP contribution in [-0.4, -0.2) is 5.75 Å². The quantitative estimate of drug-likeness (QED) is 0.727. The molecular weight excluding hydrogens is 258 g/mol. The Kier molecular flexibility index (Phi) is 2.56. The van der Waals surface area contributed by atoms with Crippen LogP contribution in [0.5, 0.6) is 0 Å². The lowest BCUT2D eigenvalue weighted by molar-refractivity contribution is 0.494. The van der Waals surface area contributed by atoms with Gasteiger partial charge in [-0.25, -0.2) is 0 Å². The van der Waals surface area contributed by atoms with Crippen molar-refractivity contribution in [1.82, 2.24) is 0 Å². The monoisotopic (exact) mass is 271 g/mol. The summed E-state index contributed by atoms with van der Waals surface area (Å²) in [7, 11) is 0. The molecule has 2 rings (SSSR count). The largest absolute Gasteiger partial charge is 0.398 e. The van der Waals surface area contributed by atoms with Crippen molar-refractivity contribution >= 4 is 33.4 Å². The van der Waals surface area contributed by atoms with E-state index in [1.54, 1.807) is 0 Å². The fourth-order valence-electron chi connectivity index (χ4n) is 1.77. The molecule has 1 heterocycles. The standard InChI is InChI=1S/C11H14BrNS/c1-11(2)3-4-14-10-6-9(13)8(12)5-7(10)11/h5-6H,3-4,13H2,1-2H3. The van der Waals surface area contributed by atoms with Crippen LogP contribution in [0, 0.1) is 0 Å². The van der Waals surface area contributed by atoms with Crippen LogP contribution in [0.2, 0.25) is 0 Å². The van der Waals surface area contributed by atoms with Gasteiger partial charge in [0.05, 0.1) is 0 Å². The molecule has 1 nitrogen and oxygen atoms in total. The number of rotatable bonds is 0. The summed E-state index contributed by atoms with van der Waals surface area (Å²) in [5.74, 6) is 1.20. The van der Waals surface area contributed by atoms with Crippen molar-refractivity contribution in [2.24, 2.45) is 0 Å². The van der Waals surface area contributed by atoms with Gasteiger partial charge in [0.25, 0.3) is 0 Å². The molecule has 1 aromatic rings. The molecule has 0 aromatic heterocycles. The molecule has 2 N–H and O–H groups in total. The molecule has 0 bridgehead atoms. The maximum absolute atomic E-state index is 5.87. The number of thioether (sulfide) groups is 1. The van der Waals surface area contributed by atoms with E-state index >= 15 is 0 Å². The predicted octanol–water partition coefficient (Wildman–Crippen LogP) is 3.80. The van der Waals surface area contributed by atoms with E-state index in [4.69, 9.17) is 5.73 Å². The molecular formula is C11H14BrNS. The summed E-state index contributed by atoms with van der Waals surface area (Å²) in [6.07, 6.45) is 1.24. The first-order valence-corrected chi connectivity index (χ1v) is 6.51. The second-order valence-corrected chi connectivity index (χ2v) is 6.34. The topological polar surface area (TPSA) is 26.0 Å². The van der Waals surface area contributed by atoms with E-state index in [0.29, 0.717) is 0 Å². The molecule has 0 radical (unpaired) electrons. The van der Waals surface area contributed by atoms with Crippen LogP contribution in [0.1, 0.15) is 25.8 Å². The Bertz CT molecular complexity index is 374. The van der Waals surface area contributed by atoms with Crippen LogP contribution >= 0.6 is 27.7 Å². The lowest BCUT2D eigenvalue weighted by atomic mass is 9.82. The zero-order valence-electron chi connectivity index (χ0n) is 8.43. The first-order chi connectivity index (χ1) is 6.50. The third-order valence-corrected chi connectivity index (χ3v) is 4.56. The highest BCUT2D eigenvalue weighted by Gasteiger charge is 2.28. The molecule has 1 aliphatic rings. The normalized spacial score (nSPS) is 19.1. The SMILES string of the molecule is CC1(C)CCSc2cc(N)c(Br)cc21. The summed E-state index contributed by atoms with van der Waals surface area (Å²) >= 11 is 5.40. The van der Waals surface area contributed by atoms with Crippen LogP contribution in [-0.2, 0) is 5.41 Å². The molecule has 0 spiro atoms. The van der Waals surface area contributed by atoms with Gasteiger partial charge in [-0.05, 0) is 51.2 Å². The van der Waals surface area contributed by atoms with E-state index in [9.17, 15) is 0 Å². The smallest absolute Gasteiger partial charge is 0.0469 e. The molecule has 0 fully saturated rings. The minimum Gasteiger partial charge on any atom is -0.398 e. The maximum Gasteiger partial charge on any atom is 0.0469 e. The summed E-state index contributed by atoms with van der Waals surface area (Å²) in [4.78, 5) is 1.35. The third kappa shape index (κ3) is 1.68. The van der Waals surface area contributed by atoms with Crippen LogP contribution < -0.4 is 5.73 Å². The summed E-state index contributed by atoms with van der Waals surface area (Å²) in [5.41, 5.74) is 8.43. The first kappa shape index (κ1) is 10.4. The summed E-state index contributed by atoms with van der Waals surface area (Å²) < 4.78 is 1.02. The first-order valence-electron chi connectivity index (χ1n) is 4.73. The average molecular weight is 272 g/mol. The van der Waals surface area contributed by atoms with Gasteiger partial charge in [-0.15, -0.1) is 11.8 Å². The van der Waals surface area contributed by atoms with E-state index in [1.807, 2.05) is 11.8 Å². The number of hydrogen-bond acceptors (Lipinski definition) is 2. The Labute approximate surface area is 97.6 Å². The van der Waals surface area contributed by atoms with E-state index < -0.39 is 0 Å². The number of nitrogen functional groups attached to an aromatic ring is 1. The van der Waals surface area contributed by atoms with Gasteiger partial charge in [-0.3, -0.25) is 0 Å². The van der Waals surface area contributed by atoms with Crippen LogP contribution in [0.25, 0.3) is 0 Å². The van der Waals surface area contributed by atoms with E-state index in [-0.39, 0.29) is 5.41 Å². The highest BCUT2D eigenvalue weighted by atomic mass is 79.9. The molecule has 0 amide bonds. The summed E-state index contributed by atoms with van der Waals surface area (Å²) in [5, 5.41) is 0. The highest BCUT2D eigenvalue weighted by molar-refractivity contribution is 9.10. The number of fused-ring (bicyclic) bond motifs is 1. The second-order valence-electron chi connectivity index (χ2n) is 4.35. The zero-order valence-corrected chi connectivity index (χ0v) is 10.8. The van der Waals surface area contributed by atoms with Crippen LogP contribution in [0.4, 0.5) is 5.69 Å². The highest BCUT2D eigenvalue weighted by Crippen LogP contribution is 2.43. The van der Waals surface area contributed by atoms with Gasteiger partial charge in [0, 0.05) is 15.1 Å². The molecule has 0 saturated heterocycles. The molecule has 0 atom stereocenters. The maximum atomic E-state index is 5.87. The molecule has 76 valence electrons. The molecule has 1 aromatic carbocycles. The molecule has 1 aliphatic heterocycles. The Morgan fingerprint density at radius 1 is 1.43 bits per heavy atom. The summed E-state index contributed by atoms with van der Waals surface area (Å²) in [6.45, 7) is 4.60. The van der Waals surface area contributed by atoms with Crippen LogP contribution in [0.3, 0.4) is 0 Å². The van der Waals surface area contributed by atoms with Crippen LogP contribution in [0.15, 0.2) is 21.5 Å². The van der Waals surface area contributed by atoms with Gasteiger partial charge in [-0.1, -0.05) is 13.8 Å². The van der Waals surface area contributed by atoms with Gasteiger partial charge in [-0.2, -0.15) is 0 Å². The number of hydrogen-bond donors (Lipinski definition) is 1. The summed E-state index contributed by atoms with van der Waals surface area (Å²) in [6, 6.07) is 4.27. The lowest BCUT2D eigenvalue weighted by Gasteiger charge is -2.32. The van der Waals surface area contributed by atoms with Gasteiger partial charge in [0.15, 0.2) is 0 Å². The Morgan fingerprint density at radius 2 is 2.14 bits per heavy atom. The number of benzene rings is 1. The average Bonchev–Trinajstić information content (AvgIpc) is 2.08. The van der Waals surface area contributed by atoms with E-state index in [0.717, 1.165) is 10.2 Å². The number of nitrogens with two attached hydrogens (primary N) is 1. The predicted molar refractivity (Wildman–Crippen MR) is 66.9 cm³/mol. The molecule has 3 heteroatoms. The fraction of sp³-hybridized carbons (Fsp3) is 0.455. The number of anilines is 1. The Morgan fingerprint density at radius 3 is 2.86 bits per heavy atom. The Balaban J connectivity index is 2.59.